The van der Waals surface area contributed by atoms with E-state index in [0.29, 0.717) is 38.3 Å². The number of aromatic nitrogens is 4. The molecule has 2 N–H and O–H groups in total. The Bertz CT molecular complexity index is 1520. The van der Waals surface area contributed by atoms with Gasteiger partial charge in [-0.15, -0.1) is 11.3 Å². The van der Waals surface area contributed by atoms with Gasteiger partial charge >= 0.3 is 5.97 Å². The standard InChI is InChI=1S/C25H18ClN5O3S/c1-14(23(32)31-25-30-21(13-35-25)15-4-7-18(26)8-5-15)34-24(33)16-6-9-19-20(11-16)29-22(28-19)17-3-2-10-27-12-17/h2-14H,1H3,(H,28,29)(H,30,31,32). The molecule has 0 aliphatic carbocycles. The second-order valence-electron chi connectivity index (χ2n) is 7.64. The quantitative estimate of drug-likeness (QED) is 0.292. The summed E-state index contributed by atoms with van der Waals surface area (Å²) in [6.07, 6.45) is 2.37. The maximum atomic E-state index is 12.7. The minimum atomic E-state index is -1.02. The Morgan fingerprint density at radius 1 is 1.09 bits per heavy atom. The molecule has 174 valence electrons. The first-order chi connectivity index (χ1) is 17.0. The topological polar surface area (TPSA) is 110 Å². The molecular formula is C25H18ClN5O3S. The molecule has 1 unspecified atom stereocenters. The molecule has 0 aliphatic heterocycles. The number of anilines is 1. The summed E-state index contributed by atoms with van der Waals surface area (Å²) in [6.45, 7) is 1.51. The highest BCUT2D eigenvalue weighted by atomic mass is 35.5. The van der Waals surface area contributed by atoms with E-state index in [1.165, 1.54) is 18.3 Å². The number of hydrogen-bond acceptors (Lipinski definition) is 7. The van der Waals surface area contributed by atoms with E-state index in [1.54, 1.807) is 42.7 Å². The molecule has 3 aromatic heterocycles. The van der Waals surface area contributed by atoms with E-state index >= 15 is 0 Å². The number of hydrogen-bond donors (Lipinski definition) is 2. The number of ether oxygens (including phenoxy) is 1. The van der Waals surface area contributed by atoms with Crippen molar-refractivity contribution in [3.05, 3.63) is 83.0 Å². The van der Waals surface area contributed by atoms with Gasteiger partial charge in [-0.25, -0.2) is 14.8 Å². The van der Waals surface area contributed by atoms with Crippen LogP contribution in [0.1, 0.15) is 17.3 Å². The lowest BCUT2D eigenvalue weighted by Crippen LogP contribution is -2.29. The summed E-state index contributed by atoms with van der Waals surface area (Å²) < 4.78 is 5.38. The molecule has 0 fully saturated rings. The predicted molar refractivity (Wildman–Crippen MR) is 135 cm³/mol. The number of benzene rings is 2. The predicted octanol–water partition coefficient (Wildman–Crippen LogP) is 5.59. The minimum Gasteiger partial charge on any atom is -0.449 e. The molecule has 5 rings (SSSR count). The fourth-order valence-corrected chi connectivity index (χ4v) is 4.20. The van der Waals surface area contributed by atoms with Crippen molar-refractivity contribution in [2.24, 2.45) is 0 Å². The lowest BCUT2D eigenvalue weighted by atomic mass is 10.2. The number of fused-ring (bicyclic) bond motifs is 1. The number of nitrogens with zero attached hydrogens (tertiary/aromatic N) is 3. The van der Waals surface area contributed by atoms with Crippen molar-refractivity contribution in [2.75, 3.05) is 5.32 Å². The number of imidazole rings is 1. The Morgan fingerprint density at radius 2 is 1.91 bits per heavy atom. The van der Waals surface area contributed by atoms with Crippen molar-refractivity contribution < 1.29 is 14.3 Å². The van der Waals surface area contributed by atoms with Gasteiger partial charge in [0.05, 0.1) is 22.3 Å². The maximum Gasteiger partial charge on any atom is 0.338 e. The molecule has 0 spiro atoms. The van der Waals surface area contributed by atoms with E-state index in [2.05, 4.69) is 25.3 Å². The lowest BCUT2D eigenvalue weighted by Gasteiger charge is -2.12. The molecular weight excluding hydrogens is 486 g/mol. The Labute approximate surface area is 209 Å². The molecule has 1 atom stereocenters. The molecule has 0 bridgehead atoms. The minimum absolute atomic E-state index is 0.304. The molecule has 35 heavy (non-hydrogen) atoms. The summed E-state index contributed by atoms with van der Waals surface area (Å²) in [5, 5.41) is 5.56. The summed E-state index contributed by atoms with van der Waals surface area (Å²) in [5.41, 5.74) is 4.10. The van der Waals surface area contributed by atoms with E-state index in [4.69, 9.17) is 16.3 Å². The zero-order valence-corrected chi connectivity index (χ0v) is 19.9. The number of aromatic amines is 1. The third-order valence-corrected chi connectivity index (χ3v) is 6.19. The molecule has 10 heteroatoms. The van der Waals surface area contributed by atoms with Crippen LogP contribution < -0.4 is 5.32 Å². The average Bonchev–Trinajstić information content (AvgIpc) is 3.51. The molecule has 3 heterocycles. The highest BCUT2D eigenvalue weighted by Gasteiger charge is 2.21. The van der Waals surface area contributed by atoms with Gasteiger partial charge in [0.2, 0.25) is 0 Å². The largest absolute Gasteiger partial charge is 0.449 e. The molecule has 0 saturated carbocycles. The number of nitrogens with one attached hydrogen (secondary N) is 2. The number of halogens is 1. The van der Waals surface area contributed by atoms with Crippen LogP contribution in [0, 0.1) is 0 Å². The SMILES string of the molecule is CC(OC(=O)c1ccc2nc(-c3cccnc3)[nH]c2c1)C(=O)Nc1nc(-c2ccc(Cl)cc2)cs1. The first-order valence-corrected chi connectivity index (χ1v) is 11.9. The van der Waals surface area contributed by atoms with Gasteiger partial charge in [0.15, 0.2) is 11.2 Å². The van der Waals surface area contributed by atoms with Crippen molar-refractivity contribution >= 4 is 51.0 Å². The zero-order valence-electron chi connectivity index (χ0n) is 18.4. The number of esters is 1. The molecule has 8 nitrogen and oxygen atoms in total. The van der Waals surface area contributed by atoms with Crippen LogP contribution in [0.3, 0.4) is 0 Å². The van der Waals surface area contributed by atoms with Crippen LogP contribution in [0.25, 0.3) is 33.7 Å². The van der Waals surface area contributed by atoms with E-state index in [-0.39, 0.29) is 0 Å². The Kier molecular flexibility index (Phi) is 6.26. The highest BCUT2D eigenvalue weighted by molar-refractivity contribution is 7.14. The van der Waals surface area contributed by atoms with Gasteiger partial charge in [0.1, 0.15) is 5.82 Å². The summed E-state index contributed by atoms with van der Waals surface area (Å²) in [4.78, 5) is 41.5. The monoisotopic (exact) mass is 503 g/mol. The molecule has 5 aromatic rings. The highest BCUT2D eigenvalue weighted by Crippen LogP contribution is 2.26. The Morgan fingerprint density at radius 3 is 2.69 bits per heavy atom. The van der Waals surface area contributed by atoms with Crippen LogP contribution in [0.15, 0.2) is 72.4 Å². The normalized spacial score (nSPS) is 11.8. The number of carbonyl (C=O) groups excluding carboxylic acids is 2. The van der Waals surface area contributed by atoms with Crippen LogP contribution in [-0.4, -0.2) is 37.9 Å². The van der Waals surface area contributed by atoms with Crippen LogP contribution in [-0.2, 0) is 9.53 Å². The summed E-state index contributed by atoms with van der Waals surface area (Å²) >= 11 is 7.20. The molecule has 0 aliphatic rings. The average molecular weight is 504 g/mol. The van der Waals surface area contributed by atoms with Crippen LogP contribution in [0.2, 0.25) is 5.02 Å². The second kappa shape index (κ2) is 9.65. The van der Waals surface area contributed by atoms with Gasteiger partial charge in [-0.1, -0.05) is 23.7 Å². The van der Waals surface area contributed by atoms with Gasteiger partial charge in [0.25, 0.3) is 5.91 Å². The van der Waals surface area contributed by atoms with Crippen molar-refractivity contribution in [1.29, 1.82) is 0 Å². The van der Waals surface area contributed by atoms with Gasteiger partial charge in [-0.05, 0) is 49.4 Å². The number of H-pyrrole nitrogens is 1. The molecule has 2 aromatic carbocycles. The fraction of sp³-hybridized carbons (Fsp3) is 0.0800. The van der Waals surface area contributed by atoms with Gasteiger partial charge in [-0.3, -0.25) is 15.1 Å². The van der Waals surface area contributed by atoms with Crippen molar-refractivity contribution in [3.8, 4) is 22.6 Å². The lowest BCUT2D eigenvalue weighted by molar-refractivity contribution is -0.123. The summed E-state index contributed by atoms with van der Waals surface area (Å²) in [6, 6.07) is 15.9. The summed E-state index contributed by atoms with van der Waals surface area (Å²) in [5.74, 6) is -0.447. The third-order valence-electron chi connectivity index (χ3n) is 5.18. The third kappa shape index (κ3) is 5.06. The number of rotatable bonds is 6. The molecule has 0 saturated heterocycles. The number of thiazole rings is 1. The van der Waals surface area contributed by atoms with Gasteiger partial charge < -0.3 is 9.72 Å². The van der Waals surface area contributed by atoms with Gasteiger partial charge in [-0.2, -0.15) is 0 Å². The van der Waals surface area contributed by atoms with Crippen molar-refractivity contribution in [1.82, 2.24) is 19.9 Å². The molecule has 1 amide bonds. The maximum absolute atomic E-state index is 12.7. The Balaban J connectivity index is 1.24. The van der Waals surface area contributed by atoms with E-state index in [1.807, 2.05) is 29.6 Å². The summed E-state index contributed by atoms with van der Waals surface area (Å²) in [7, 11) is 0. The van der Waals surface area contributed by atoms with E-state index in [9.17, 15) is 9.59 Å². The van der Waals surface area contributed by atoms with Crippen LogP contribution >= 0.6 is 22.9 Å². The smallest absolute Gasteiger partial charge is 0.338 e. The number of pyridine rings is 1. The van der Waals surface area contributed by atoms with Crippen LogP contribution in [0.5, 0.6) is 0 Å². The second-order valence-corrected chi connectivity index (χ2v) is 8.94. The van der Waals surface area contributed by atoms with E-state index in [0.717, 1.165) is 11.1 Å². The number of carbonyl (C=O) groups is 2. The van der Waals surface area contributed by atoms with Crippen molar-refractivity contribution in [3.63, 3.8) is 0 Å². The molecule has 0 radical (unpaired) electrons. The van der Waals surface area contributed by atoms with Crippen LogP contribution in [0.4, 0.5) is 5.13 Å². The van der Waals surface area contributed by atoms with E-state index < -0.39 is 18.0 Å². The zero-order chi connectivity index (χ0) is 24.4. The van der Waals surface area contributed by atoms with Crippen molar-refractivity contribution in [2.45, 2.75) is 13.0 Å². The first kappa shape index (κ1) is 22.7. The Hall–Kier alpha value is -4.08. The first-order valence-electron chi connectivity index (χ1n) is 10.6. The number of amides is 1. The fourth-order valence-electron chi connectivity index (χ4n) is 3.35. The van der Waals surface area contributed by atoms with Gasteiger partial charge in [0, 0.05) is 33.9 Å².